The van der Waals surface area contributed by atoms with Crippen molar-refractivity contribution in [2.45, 2.75) is 44.3 Å². The van der Waals surface area contributed by atoms with Crippen LogP contribution in [0.5, 0.6) is 0 Å². The predicted octanol–water partition coefficient (Wildman–Crippen LogP) is 13.2. The number of hydrogen-bond donors (Lipinski definition) is 1. The lowest BCUT2D eigenvalue weighted by Gasteiger charge is -2.32. The van der Waals surface area contributed by atoms with Gasteiger partial charge in [-0.05, 0) is 96.6 Å². The van der Waals surface area contributed by atoms with Crippen LogP contribution in [0.15, 0.2) is 181 Å². The highest BCUT2D eigenvalue weighted by Gasteiger charge is 2.48. The number of nitrogens with zero attached hydrogens (tertiary/aromatic N) is 1. The quantitative estimate of drug-likeness (QED) is 0.0302. The highest BCUT2D eigenvalue weighted by molar-refractivity contribution is 9.11. The zero-order valence-corrected chi connectivity index (χ0v) is 43.0. The molecule has 342 valence electrons. The van der Waals surface area contributed by atoms with Gasteiger partial charge >= 0.3 is 17.9 Å². The molecule has 9 nitrogen and oxygen atoms in total. The Labute approximate surface area is 423 Å². The van der Waals surface area contributed by atoms with Crippen molar-refractivity contribution in [1.82, 2.24) is 0 Å². The Kier molecular flexibility index (Phi) is 17.4. The van der Waals surface area contributed by atoms with Gasteiger partial charge < -0.3 is 19.3 Å². The monoisotopic (exact) mass is 1150 g/mol. The molecule has 0 saturated carbocycles. The molecule has 0 aromatic heterocycles. The molecule has 0 unspecified atom stereocenters. The van der Waals surface area contributed by atoms with Gasteiger partial charge in [0.15, 0.2) is 5.60 Å². The van der Waals surface area contributed by atoms with Gasteiger partial charge in [-0.3, -0.25) is 4.79 Å². The molecule has 0 spiro atoms. The van der Waals surface area contributed by atoms with Gasteiger partial charge in [-0.2, -0.15) is 0 Å². The Morgan fingerprint density at radius 1 is 0.582 bits per heavy atom. The average Bonchev–Trinajstić information content (AvgIpc) is 3.72. The van der Waals surface area contributed by atoms with Crippen molar-refractivity contribution in [3.05, 3.63) is 209 Å². The molecular weight excluding hydrogens is 1110 g/mol. The molecule has 1 N–H and O–H groups in total. The van der Waals surface area contributed by atoms with Crippen LogP contribution in [0.2, 0.25) is 0 Å². The van der Waals surface area contributed by atoms with Crippen molar-refractivity contribution in [2.24, 2.45) is 4.99 Å². The number of ether oxygens (including phenoxy) is 3. The van der Waals surface area contributed by atoms with E-state index in [1.54, 1.807) is 13.8 Å². The molecule has 0 saturated heterocycles. The van der Waals surface area contributed by atoms with Gasteiger partial charge in [0.2, 0.25) is 6.08 Å². The maximum absolute atomic E-state index is 13.1. The number of carbonyl (C=O) groups is 3. The largest absolute Gasteiger partial charge is 0.462 e. The second kappa shape index (κ2) is 23.0. The number of rotatable bonds is 13. The Morgan fingerprint density at radius 2 is 0.970 bits per heavy atom. The lowest BCUT2D eigenvalue weighted by Crippen LogP contribution is -2.33. The van der Waals surface area contributed by atoms with Crippen LogP contribution in [0.3, 0.4) is 0 Å². The van der Waals surface area contributed by atoms with Crippen LogP contribution in [-0.2, 0) is 44.6 Å². The zero-order chi connectivity index (χ0) is 48.3. The van der Waals surface area contributed by atoms with Gasteiger partial charge in [-0.15, -0.1) is 0 Å². The summed E-state index contributed by atoms with van der Waals surface area (Å²) in [4.78, 5) is 48.3. The fourth-order valence-electron chi connectivity index (χ4n) is 7.84. The highest BCUT2D eigenvalue weighted by Crippen LogP contribution is 2.55. The van der Waals surface area contributed by atoms with Crippen molar-refractivity contribution < 1.29 is 38.5 Å². The zero-order valence-electron chi connectivity index (χ0n) is 36.6. The first kappa shape index (κ1) is 50.9. The molecule has 2 aliphatic rings. The van der Waals surface area contributed by atoms with E-state index in [0.29, 0.717) is 30.5 Å². The van der Waals surface area contributed by atoms with Crippen LogP contribution in [-0.4, -0.2) is 48.9 Å². The smallest absolute Gasteiger partial charge is 0.333 e. The van der Waals surface area contributed by atoms with Crippen LogP contribution in [0.1, 0.15) is 66.5 Å². The Hall–Kier alpha value is -5.53. The van der Waals surface area contributed by atoms with Crippen molar-refractivity contribution in [3.63, 3.8) is 0 Å². The Morgan fingerprint density at radius 3 is 1.39 bits per heavy atom. The molecule has 0 aliphatic heterocycles. The summed E-state index contributed by atoms with van der Waals surface area (Å²) in [5.41, 5.74) is 8.10. The molecule has 8 rings (SSSR count). The number of isocyanates is 1. The van der Waals surface area contributed by atoms with E-state index in [9.17, 15) is 24.3 Å². The van der Waals surface area contributed by atoms with Crippen molar-refractivity contribution in [3.8, 4) is 22.3 Å². The van der Waals surface area contributed by atoms with E-state index in [2.05, 4.69) is 106 Å². The van der Waals surface area contributed by atoms with Crippen molar-refractivity contribution >= 4 is 87.7 Å². The molecule has 6 aromatic carbocycles. The second-order valence-corrected chi connectivity index (χ2v) is 19.3. The summed E-state index contributed by atoms with van der Waals surface area (Å²) >= 11 is 14.2. The van der Waals surface area contributed by atoms with Gasteiger partial charge in [0.25, 0.3) is 0 Å². The fourth-order valence-corrected chi connectivity index (χ4v) is 9.28. The van der Waals surface area contributed by atoms with E-state index in [-0.39, 0.29) is 25.6 Å². The maximum atomic E-state index is 13.1. The summed E-state index contributed by atoms with van der Waals surface area (Å²) in [6.45, 7) is 10.9. The first-order chi connectivity index (χ1) is 32.1. The first-order valence-corrected chi connectivity index (χ1v) is 24.2. The van der Waals surface area contributed by atoms with Gasteiger partial charge in [0.05, 0.1) is 19.8 Å². The first-order valence-electron chi connectivity index (χ1n) is 21.1. The minimum atomic E-state index is -1.10. The van der Waals surface area contributed by atoms with Crippen molar-refractivity contribution in [1.29, 1.82) is 0 Å². The molecule has 13 heteroatoms. The average molecular weight is 1160 g/mol. The minimum Gasteiger partial charge on any atom is -0.462 e. The molecule has 0 radical (unpaired) electrons. The number of benzene rings is 6. The van der Waals surface area contributed by atoms with Crippen molar-refractivity contribution in [2.75, 3.05) is 19.8 Å². The molecule has 67 heavy (non-hydrogen) atoms. The van der Waals surface area contributed by atoms with Gasteiger partial charge in [-0.25, -0.2) is 19.4 Å². The van der Waals surface area contributed by atoms with E-state index in [1.807, 2.05) is 109 Å². The summed E-state index contributed by atoms with van der Waals surface area (Å²) in [5, 5.41) is 11.6. The number of carbonyl (C=O) groups excluding carboxylic acids is 4. The van der Waals surface area contributed by atoms with Gasteiger partial charge in [-0.1, -0.05) is 162 Å². The fraction of sp³-hybridized carbons (Fsp3) is 0.185. The molecule has 0 amide bonds. The van der Waals surface area contributed by atoms with Crippen LogP contribution < -0.4 is 0 Å². The third kappa shape index (κ3) is 11.6. The molecular formula is C54H45Br4NO8. The van der Waals surface area contributed by atoms with E-state index in [1.165, 1.54) is 6.08 Å². The molecule has 0 atom stereocenters. The number of aliphatic imine (C=N–C) groups is 1. The predicted molar refractivity (Wildman–Crippen MR) is 274 cm³/mol. The lowest BCUT2D eigenvalue weighted by molar-refractivity contribution is -0.154. The number of esters is 3. The Bertz CT molecular complexity index is 2770. The number of halogens is 4. The topological polar surface area (TPSA) is 129 Å². The van der Waals surface area contributed by atoms with Crippen LogP contribution >= 0.6 is 63.7 Å². The summed E-state index contributed by atoms with van der Waals surface area (Å²) < 4.78 is 20.1. The minimum absolute atomic E-state index is 0.121. The SMILES string of the molecule is C=C(C)C(=O)OCCCC(=O)OC1(c2ccccc2)c2ccc(Br)cc2-c2cc(Br)ccc21.C=C(C)C(=O)OCCCN=C=O.OC1(c2ccccc2)c2ccc(Br)cc2-c2cc(Br)ccc21. The number of hydrogen-bond acceptors (Lipinski definition) is 9. The third-order valence-electron chi connectivity index (χ3n) is 10.9. The van der Waals surface area contributed by atoms with E-state index >= 15 is 0 Å². The maximum Gasteiger partial charge on any atom is 0.333 e. The summed E-state index contributed by atoms with van der Waals surface area (Å²) in [6, 6.07) is 43.7. The molecule has 6 aromatic rings. The summed E-state index contributed by atoms with van der Waals surface area (Å²) in [6.07, 6.45) is 2.42. The van der Waals surface area contributed by atoms with Crippen LogP contribution in [0.25, 0.3) is 22.3 Å². The summed E-state index contributed by atoms with van der Waals surface area (Å²) in [7, 11) is 0. The Balaban J connectivity index is 0.000000187. The molecule has 0 heterocycles. The van der Waals surface area contributed by atoms with Gasteiger partial charge in [0, 0.05) is 69.7 Å². The highest BCUT2D eigenvalue weighted by atomic mass is 79.9. The molecule has 0 bridgehead atoms. The lowest BCUT2D eigenvalue weighted by atomic mass is 9.84. The van der Waals surface area contributed by atoms with E-state index in [0.717, 1.165) is 73.5 Å². The third-order valence-corrected chi connectivity index (χ3v) is 12.8. The summed E-state index contributed by atoms with van der Waals surface area (Å²) in [5.74, 6) is -1.24. The number of fused-ring (bicyclic) bond motifs is 6. The number of aliphatic hydroxyl groups is 1. The van der Waals surface area contributed by atoms with E-state index < -0.39 is 23.1 Å². The second-order valence-electron chi connectivity index (χ2n) is 15.6. The standard InChI is InChI=1S/C27H22Br2O4.C19H12Br2O.C8H11NO3/c1-17(2)26(31)32-14-6-9-25(30)33-27(18-7-4-3-5-8-18)23-12-10-19(28)15-21(23)22-16-20(29)11-13-24(22)27;20-13-6-8-17-15(10-13)16-11-14(21)7-9-18(16)19(17,22)12-4-2-1-3-5-12;1-7(2)8(11)12-5-3-4-9-6-10/h3-5,7-8,10-13,15-16H,1,6,9,14H2,2H3;1-11,22H;1,3-5H2,2H3. The van der Waals surface area contributed by atoms with Gasteiger partial charge in [0.1, 0.15) is 5.60 Å². The normalized spacial score (nSPS) is 12.7. The van der Waals surface area contributed by atoms with Crippen LogP contribution in [0, 0.1) is 0 Å². The van der Waals surface area contributed by atoms with Crippen LogP contribution in [0.4, 0.5) is 0 Å². The molecule has 0 fully saturated rings. The molecule has 2 aliphatic carbocycles. The van der Waals surface area contributed by atoms with E-state index in [4.69, 9.17) is 14.2 Å².